The molecular weight excluding hydrogens is 274 g/mol. The number of nitrogens with two attached hydrogens (primary N) is 1. The van der Waals surface area contributed by atoms with Gasteiger partial charge < -0.3 is 11.1 Å². The number of hydrogen-bond acceptors (Lipinski definition) is 4. The Kier molecular flexibility index (Phi) is 4.50. The zero-order chi connectivity index (χ0) is 13.8. The molecule has 3 N–H and O–H groups in total. The summed E-state index contributed by atoms with van der Waals surface area (Å²) in [6.45, 7) is 4.25. The predicted octanol–water partition coefficient (Wildman–Crippen LogP) is 3.13. The second kappa shape index (κ2) is 6.12. The number of thiocarbonyl (C=S) groups is 1. The lowest BCUT2D eigenvalue weighted by Crippen LogP contribution is -2.22. The molecule has 100 valence electrons. The molecule has 0 amide bonds. The van der Waals surface area contributed by atoms with Crippen LogP contribution in [0.15, 0.2) is 30.5 Å². The fourth-order valence-electron chi connectivity index (χ4n) is 1.90. The van der Waals surface area contributed by atoms with Gasteiger partial charge in [-0.15, -0.1) is 11.3 Å². The molecule has 2 aromatic heterocycles. The van der Waals surface area contributed by atoms with Gasteiger partial charge in [0.15, 0.2) is 0 Å². The Morgan fingerprint density at radius 1 is 1.47 bits per heavy atom. The first kappa shape index (κ1) is 14.0. The zero-order valence-electron chi connectivity index (χ0n) is 11.0. The summed E-state index contributed by atoms with van der Waals surface area (Å²) in [7, 11) is 0. The molecule has 0 bridgehead atoms. The van der Waals surface area contributed by atoms with Crippen LogP contribution in [0.1, 0.15) is 22.2 Å². The molecule has 0 aliphatic heterocycles. The van der Waals surface area contributed by atoms with Gasteiger partial charge in [0.2, 0.25) is 0 Å². The maximum Gasteiger partial charge on any atom is 0.136 e. The summed E-state index contributed by atoms with van der Waals surface area (Å²) < 4.78 is 0. The van der Waals surface area contributed by atoms with Gasteiger partial charge in [-0.3, -0.25) is 0 Å². The van der Waals surface area contributed by atoms with Crippen molar-refractivity contribution < 1.29 is 0 Å². The van der Waals surface area contributed by atoms with Crippen LogP contribution in [0.4, 0.5) is 5.82 Å². The first-order chi connectivity index (χ1) is 9.06. The van der Waals surface area contributed by atoms with Crippen LogP contribution in [0.25, 0.3) is 0 Å². The summed E-state index contributed by atoms with van der Waals surface area (Å²) in [5, 5.41) is 3.38. The minimum absolute atomic E-state index is 0.279. The highest BCUT2D eigenvalue weighted by molar-refractivity contribution is 7.80. The van der Waals surface area contributed by atoms with Gasteiger partial charge in [0.1, 0.15) is 10.8 Å². The number of aryl methyl sites for hydroxylation is 1. The van der Waals surface area contributed by atoms with Crippen molar-refractivity contribution in [3.8, 4) is 0 Å². The molecule has 0 radical (unpaired) electrons. The molecule has 5 heteroatoms. The van der Waals surface area contributed by atoms with E-state index in [4.69, 9.17) is 18.0 Å². The van der Waals surface area contributed by atoms with Gasteiger partial charge in [-0.05, 0) is 38.1 Å². The van der Waals surface area contributed by atoms with Crippen LogP contribution in [0.2, 0.25) is 0 Å². The average molecular weight is 291 g/mol. The molecule has 0 saturated heterocycles. The molecule has 0 saturated carbocycles. The molecule has 2 heterocycles. The van der Waals surface area contributed by atoms with Crippen molar-refractivity contribution in [1.82, 2.24) is 4.98 Å². The van der Waals surface area contributed by atoms with Crippen molar-refractivity contribution >= 4 is 34.4 Å². The second-order valence-electron chi connectivity index (χ2n) is 4.53. The number of hydrogen-bond donors (Lipinski definition) is 2. The average Bonchev–Trinajstić information content (AvgIpc) is 2.75. The summed E-state index contributed by atoms with van der Waals surface area (Å²) in [4.78, 5) is 7.38. The van der Waals surface area contributed by atoms with E-state index in [1.165, 1.54) is 9.75 Å². The molecule has 1 unspecified atom stereocenters. The predicted molar refractivity (Wildman–Crippen MR) is 86.0 cm³/mol. The molecule has 0 aromatic carbocycles. The molecule has 0 fully saturated rings. The normalized spacial score (nSPS) is 12.1. The third kappa shape index (κ3) is 3.75. The van der Waals surface area contributed by atoms with Crippen molar-refractivity contribution in [3.05, 3.63) is 45.8 Å². The minimum Gasteiger partial charge on any atom is -0.389 e. The first-order valence-corrected chi connectivity index (χ1v) is 7.35. The number of anilines is 1. The Hall–Kier alpha value is -1.46. The molecule has 3 nitrogen and oxygen atoms in total. The molecule has 0 aliphatic rings. The summed E-state index contributed by atoms with van der Waals surface area (Å²) in [5.41, 5.74) is 6.50. The Morgan fingerprint density at radius 3 is 2.89 bits per heavy atom. The van der Waals surface area contributed by atoms with Crippen LogP contribution in [-0.4, -0.2) is 16.0 Å². The Labute approximate surface area is 122 Å². The maximum absolute atomic E-state index is 5.70. The summed E-state index contributed by atoms with van der Waals surface area (Å²) in [5.74, 6) is 0.760. The van der Waals surface area contributed by atoms with E-state index >= 15 is 0 Å². The van der Waals surface area contributed by atoms with Gasteiger partial charge in [-0.1, -0.05) is 12.2 Å². The van der Waals surface area contributed by atoms with Crippen LogP contribution in [0.5, 0.6) is 0 Å². The fraction of sp³-hybridized carbons (Fsp3) is 0.286. The lowest BCUT2D eigenvalue weighted by Gasteiger charge is -2.16. The number of aromatic nitrogens is 1. The number of pyridine rings is 1. The number of rotatable bonds is 5. The highest BCUT2D eigenvalue weighted by atomic mass is 32.1. The van der Waals surface area contributed by atoms with Gasteiger partial charge in [0.25, 0.3) is 0 Å². The third-order valence-corrected chi connectivity index (χ3v) is 4.00. The topological polar surface area (TPSA) is 50.9 Å². The molecule has 2 rings (SSSR count). The van der Waals surface area contributed by atoms with E-state index in [1.807, 2.05) is 23.5 Å². The quantitative estimate of drug-likeness (QED) is 0.831. The molecular formula is C14H17N3S2. The van der Waals surface area contributed by atoms with E-state index in [9.17, 15) is 0 Å². The smallest absolute Gasteiger partial charge is 0.136 e. The highest BCUT2D eigenvalue weighted by Gasteiger charge is 2.10. The molecule has 19 heavy (non-hydrogen) atoms. The van der Waals surface area contributed by atoms with Crippen molar-refractivity contribution in [2.24, 2.45) is 5.73 Å². The standard InChI is InChI=1S/C14H17N3S2/c1-9(8-11-6-5-10(2)19-11)17-14-12(13(15)18)4-3-7-16-14/h3-7,9H,8H2,1-2H3,(H2,15,18)(H,16,17). The van der Waals surface area contributed by atoms with Crippen LogP contribution in [-0.2, 0) is 6.42 Å². The van der Waals surface area contributed by atoms with Gasteiger partial charge in [-0.25, -0.2) is 4.98 Å². The second-order valence-corrected chi connectivity index (χ2v) is 6.34. The van der Waals surface area contributed by atoms with Gasteiger partial charge in [0, 0.05) is 28.4 Å². The van der Waals surface area contributed by atoms with Gasteiger partial charge in [0.05, 0.1) is 5.56 Å². The van der Waals surface area contributed by atoms with Crippen LogP contribution >= 0.6 is 23.6 Å². The van der Waals surface area contributed by atoms with Gasteiger partial charge >= 0.3 is 0 Å². The Balaban J connectivity index is 2.06. The lowest BCUT2D eigenvalue weighted by atomic mass is 10.2. The zero-order valence-corrected chi connectivity index (χ0v) is 12.6. The summed E-state index contributed by atoms with van der Waals surface area (Å²) in [6.07, 6.45) is 2.71. The monoisotopic (exact) mass is 291 g/mol. The van der Waals surface area contributed by atoms with E-state index in [0.717, 1.165) is 17.8 Å². The SMILES string of the molecule is Cc1ccc(CC(C)Nc2ncccc2C(N)=S)s1. The van der Waals surface area contributed by atoms with Crippen LogP contribution < -0.4 is 11.1 Å². The van der Waals surface area contributed by atoms with Crippen molar-refractivity contribution in [2.75, 3.05) is 5.32 Å². The number of nitrogens with one attached hydrogen (secondary N) is 1. The lowest BCUT2D eigenvalue weighted by molar-refractivity contribution is 0.794. The maximum atomic E-state index is 5.70. The van der Waals surface area contributed by atoms with Crippen molar-refractivity contribution in [2.45, 2.75) is 26.3 Å². The molecule has 0 aliphatic carbocycles. The van der Waals surface area contributed by atoms with E-state index in [2.05, 4.69) is 36.3 Å². The van der Waals surface area contributed by atoms with E-state index in [0.29, 0.717) is 4.99 Å². The Bertz CT molecular complexity index is 578. The Morgan fingerprint density at radius 2 is 2.26 bits per heavy atom. The third-order valence-electron chi connectivity index (χ3n) is 2.76. The highest BCUT2D eigenvalue weighted by Crippen LogP contribution is 2.19. The van der Waals surface area contributed by atoms with E-state index < -0.39 is 0 Å². The summed E-state index contributed by atoms with van der Waals surface area (Å²) in [6, 6.07) is 8.33. The molecule has 0 spiro atoms. The molecule has 1 atom stereocenters. The van der Waals surface area contributed by atoms with E-state index in [-0.39, 0.29) is 6.04 Å². The van der Waals surface area contributed by atoms with Crippen LogP contribution in [0, 0.1) is 6.92 Å². The van der Waals surface area contributed by atoms with Crippen molar-refractivity contribution in [3.63, 3.8) is 0 Å². The number of nitrogens with zero attached hydrogens (tertiary/aromatic N) is 1. The number of thiophene rings is 1. The fourth-order valence-corrected chi connectivity index (χ4v) is 3.08. The van der Waals surface area contributed by atoms with Crippen molar-refractivity contribution in [1.29, 1.82) is 0 Å². The first-order valence-electron chi connectivity index (χ1n) is 6.13. The van der Waals surface area contributed by atoms with Gasteiger partial charge in [-0.2, -0.15) is 0 Å². The largest absolute Gasteiger partial charge is 0.389 e. The van der Waals surface area contributed by atoms with E-state index in [1.54, 1.807) is 6.20 Å². The van der Waals surface area contributed by atoms with Crippen LogP contribution in [0.3, 0.4) is 0 Å². The minimum atomic E-state index is 0.279. The molecule has 2 aromatic rings. The summed E-state index contributed by atoms with van der Waals surface area (Å²) >= 11 is 6.86.